The van der Waals surface area contributed by atoms with Gasteiger partial charge in [0.1, 0.15) is 11.9 Å². The maximum absolute atomic E-state index is 14.0. The minimum atomic E-state index is -0.408. The van der Waals surface area contributed by atoms with Crippen LogP contribution in [0.1, 0.15) is 6.42 Å². The van der Waals surface area contributed by atoms with Crippen molar-refractivity contribution in [2.75, 3.05) is 11.9 Å². The third kappa shape index (κ3) is 3.27. The Morgan fingerprint density at radius 1 is 1.17 bits per heavy atom. The fourth-order valence-electron chi connectivity index (χ4n) is 3.48. The van der Waals surface area contributed by atoms with Crippen LogP contribution in [-0.2, 0) is 4.79 Å². The van der Waals surface area contributed by atoms with Gasteiger partial charge < -0.3 is 20.0 Å². The molecule has 1 unspecified atom stereocenters. The van der Waals surface area contributed by atoms with Gasteiger partial charge in [0.25, 0.3) is 5.89 Å². The van der Waals surface area contributed by atoms with Crippen molar-refractivity contribution in [2.24, 2.45) is 0 Å². The van der Waals surface area contributed by atoms with Gasteiger partial charge in [-0.05, 0) is 42.3 Å². The first-order valence-corrected chi connectivity index (χ1v) is 9.83. The van der Waals surface area contributed by atoms with Gasteiger partial charge in [-0.25, -0.2) is 4.39 Å². The minimum absolute atomic E-state index is 0.102. The number of hydrogen-bond acceptors (Lipinski definition) is 5. The molecule has 3 heterocycles. The number of amides is 1. The van der Waals surface area contributed by atoms with Gasteiger partial charge >= 0.3 is 6.01 Å². The van der Waals surface area contributed by atoms with Gasteiger partial charge in [-0.3, -0.25) is 4.79 Å². The number of anilines is 1. The van der Waals surface area contributed by atoms with E-state index in [4.69, 9.17) is 4.42 Å². The minimum Gasteiger partial charge on any atom is -0.403 e. The quantitative estimate of drug-likeness (QED) is 0.430. The van der Waals surface area contributed by atoms with E-state index in [9.17, 15) is 9.18 Å². The molecule has 5 rings (SSSR count). The van der Waals surface area contributed by atoms with E-state index in [2.05, 4.69) is 41.7 Å². The largest absolute Gasteiger partial charge is 0.403 e. The smallest absolute Gasteiger partial charge is 0.316 e. The van der Waals surface area contributed by atoms with Crippen LogP contribution in [0.25, 0.3) is 33.6 Å². The molecule has 0 bridgehead atoms. The molecule has 1 aliphatic rings. The van der Waals surface area contributed by atoms with Crippen molar-refractivity contribution in [1.82, 2.24) is 20.5 Å². The van der Waals surface area contributed by atoms with Gasteiger partial charge in [0.2, 0.25) is 5.91 Å². The summed E-state index contributed by atoms with van der Waals surface area (Å²) in [6, 6.07) is 12.0. The SMILES string of the molecule is O=C1NCCC1Nc1nnc(-c2c(-c3ccc(Br)cc3)[nH]c3ccc(F)cc23)o1. The molecule has 7 nitrogen and oxygen atoms in total. The highest BCUT2D eigenvalue weighted by Gasteiger charge is 2.26. The second kappa shape index (κ2) is 7.00. The molecule has 9 heteroatoms. The third-order valence-electron chi connectivity index (χ3n) is 4.88. The number of hydrogen-bond donors (Lipinski definition) is 3. The maximum atomic E-state index is 14.0. The van der Waals surface area contributed by atoms with E-state index in [1.807, 2.05) is 24.3 Å². The average molecular weight is 456 g/mol. The number of aromatic nitrogens is 3. The number of carbonyl (C=O) groups excluding carboxylic acids is 1. The molecular formula is C20H15BrFN5O2. The summed E-state index contributed by atoms with van der Waals surface area (Å²) in [6.07, 6.45) is 0.638. The van der Waals surface area contributed by atoms with E-state index < -0.39 is 6.04 Å². The highest BCUT2D eigenvalue weighted by molar-refractivity contribution is 9.10. The molecule has 2 aromatic carbocycles. The van der Waals surface area contributed by atoms with E-state index in [1.54, 1.807) is 6.07 Å². The Kier molecular flexibility index (Phi) is 4.31. The number of benzene rings is 2. The van der Waals surface area contributed by atoms with Crippen LogP contribution in [0.15, 0.2) is 51.4 Å². The van der Waals surface area contributed by atoms with Gasteiger partial charge in [0, 0.05) is 21.9 Å². The van der Waals surface area contributed by atoms with Gasteiger partial charge in [0.05, 0.1) is 11.3 Å². The zero-order valence-corrected chi connectivity index (χ0v) is 16.6. The second-order valence-corrected chi connectivity index (χ2v) is 7.68. The number of halogens is 2. The predicted molar refractivity (Wildman–Crippen MR) is 110 cm³/mol. The summed E-state index contributed by atoms with van der Waals surface area (Å²) in [4.78, 5) is 15.1. The fourth-order valence-corrected chi connectivity index (χ4v) is 3.75. The van der Waals surface area contributed by atoms with Gasteiger partial charge in [0.15, 0.2) is 0 Å². The van der Waals surface area contributed by atoms with E-state index in [1.165, 1.54) is 12.1 Å². The molecule has 1 saturated heterocycles. The highest BCUT2D eigenvalue weighted by Crippen LogP contribution is 2.38. The molecule has 0 aliphatic carbocycles. The van der Waals surface area contributed by atoms with E-state index in [0.717, 1.165) is 21.2 Å². The van der Waals surface area contributed by atoms with Crippen molar-refractivity contribution in [3.63, 3.8) is 0 Å². The summed E-state index contributed by atoms with van der Waals surface area (Å²) in [5.41, 5.74) is 3.00. The number of nitrogens with zero attached hydrogens (tertiary/aromatic N) is 2. The monoisotopic (exact) mass is 455 g/mol. The van der Waals surface area contributed by atoms with Gasteiger partial charge in [-0.1, -0.05) is 33.2 Å². The number of rotatable bonds is 4. The van der Waals surface area contributed by atoms with Crippen LogP contribution in [-0.4, -0.2) is 33.7 Å². The Labute approximate surface area is 172 Å². The first-order valence-electron chi connectivity index (χ1n) is 9.04. The standard InChI is InChI=1S/C20H15BrFN5O2/c21-11-3-1-10(2-4-11)17-16(13-9-12(22)5-6-14(13)24-17)19-26-27-20(29-19)25-15-7-8-23-18(15)28/h1-6,9,15,24H,7-8H2,(H,23,28)(H,25,27). The zero-order chi connectivity index (χ0) is 20.0. The van der Waals surface area contributed by atoms with E-state index in [-0.39, 0.29) is 23.6 Å². The number of nitrogens with one attached hydrogen (secondary N) is 3. The van der Waals surface area contributed by atoms with Crippen LogP contribution in [0.3, 0.4) is 0 Å². The van der Waals surface area contributed by atoms with Crippen LogP contribution in [0, 0.1) is 5.82 Å². The van der Waals surface area contributed by atoms with Crippen LogP contribution in [0.5, 0.6) is 0 Å². The lowest BCUT2D eigenvalue weighted by atomic mass is 10.1. The first-order chi connectivity index (χ1) is 14.1. The Morgan fingerprint density at radius 3 is 2.76 bits per heavy atom. The molecule has 29 heavy (non-hydrogen) atoms. The lowest BCUT2D eigenvalue weighted by Crippen LogP contribution is -2.29. The van der Waals surface area contributed by atoms with Crippen molar-refractivity contribution in [1.29, 1.82) is 0 Å². The van der Waals surface area contributed by atoms with Crippen LogP contribution in [0.2, 0.25) is 0 Å². The van der Waals surface area contributed by atoms with Crippen LogP contribution >= 0.6 is 15.9 Å². The fraction of sp³-hybridized carbons (Fsp3) is 0.150. The Hall–Kier alpha value is -3.20. The topological polar surface area (TPSA) is 95.8 Å². The number of H-pyrrole nitrogens is 1. The zero-order valence-electron chi connectivity index (χ0n) is 15.0. The average Bonchev–Trinajstić information content (AvgIpc) is 3.41. The van der Waals surface area contributed by atoms with Gasteiger partial charge in [-0.2, -0.15) is 0 Å². The van der Waals surface area contributed by atoms with Crippen LogP contribution in [0.4, 0.5) is 10.4 Å². The molecule has 3 N–H and O–H groups in total. The summed E-state index contributed by atoms with van der Waals surface area (Å²) in [7, 11) is 0. The molecule has 0 radical (unpaired) electrons. The maximum Gasteiger partial charge on any atom is 0.316 e. The summed E-state index contributed by atoms with van der Waals surface area (Å²) in [6.45, 7) is 0.604. The Bertz CT molecular complexity index is 1220. The molecule has 0 saturated carbocycles. The number of fused-ring (bicyclic) bond motifs is 1. The van der Waals surface area contributed by atoms with Crippen molar-refractivity contribution in [3.05, 3.63) is 52.8 Å². The van der Waals surface area contributed by atoms with Crippen molar-refractivity contribution in [3.8, 4) is 22.7 Å². The number of aromatic amines is 1. The molecule has 1 amide bonds. The third-order valence-corrected chi connectivity index (χ3v) is 5.41. The lowest BCUT2D eigenvalue weighted by Gasteiger charge is -2.06. The lowest BCUT2D eigenvalue weighted by molar-refractivity contribution is -0.119. The molecule has 146 valence electrons. The van der Waals surface area contributed by atoms with Crippen molar-refractivity contribution < 1.29 is 13.6 Å². The Morgan fingerprint density at radius 2 is 2.00 bits per heavy atom. The molecule has 1 aliphatic heterocycles. The predicted octanol–water partition coefficient (Wildman–Crippen LogP) is 4.09. The molecule has 4 aromatic rings. The number of carbonyl (C=O) groups is 1. The van der Waals surface area contributed by atoms with Crippen molar-refractivity contribution in [2.45, 2.75) is 12.5 Å². The Balaban J connectivity index is 1.61. The summed E-state index contributed by atoms with van der Waals surface area (Å²) in [5, 5.41) is 14.5. The summed E-state index contributed by atoms with van der Waals surface area (Å²) >= 11 is 3.43. The first kappa shape index (κ1) is 17.9. The van der Waals surface area contributed by atoms with Gasteiger partial charge in [-0.15, -0.1) is 5.10 Å². The molecule has 1 fully saturated rings. The normalized spacial score (nSPS) is 16.3. The van der Waals surface area contributed by atoms with Crippen molar-refractivity contribution >= 4 is 38.8 Å². The second-order valence-electron chi connectivity index (χ2n) is 6.76. The highest BCUT2D eigenvalue weighted by atomic mass is 79.9. The van der Waals surface area contributed by atoms with E-state index >= 15 is 0 Å². The molecular weight excluding hydrogens is 441 g/mol. The molecule has 1 atom stereocenters. The molecule has 0 spiro atoms. The van der Waals surface area contributed by atoms with E-state index in [0.29, 0.717) is 23.9 Å². The van der Waals surface area contributed by atoms with Crippen LogP contribution < -0.4 is 10.6 Å². The summed E-state index contributed by atoms with van der Waals surface area (Å²) < 4.78 is 20.7. The molecule has 2 aromatic heterocycles. The summed E-state index contributed by atoms with van der Waals surface area (Å²) in [5.74, 6) is -0.226.